The predicted octanol–water partition coefficient (Wildman–Crippen LogP) is 0.744. The van der Waals surface area contributed by atoms with Crippen LogP contribution in [-0.2, 0) is 9.59 Å². The van der Waals surface area contributed by atoms with Gasteiger partial charge in [-0.2, -0.15) is 0 Å². The fourth-order valence-electron chi connectivity index (χ4n) is 2.07. The molecule has 3 N–H and O–H groups in total. The molecule has 1 fully saturated rings. The first kappa shape index (κ1) is 14.0. The van der Waals surface area contributed by atoms with E-state index in [0.29, 0.717) is 0 Å². The maximum Gasteiger partial charge on any atom is 0.326 e. The van der Waals surface area contributed by atoms with E-state index in [4.69, 9.17) is 5.11 Å². The van der Waals surface area contributed by atoms with E-state index in [1.807, 2.05) is 20.8 Å². The molecule has 3 unspecified atom stereocenters. The highest BCUT2D eigenvalue weighted by Crippen LogP contribution is 2.19. The largest absolute Gasteiger partial charge is 0.480 e. The van der Waals surface area contributed by atoms with Gasteiger partial charge in [0.15, 0.2) is 0 Å². The lowest BCUT2D eigenvalue weighted by Gasteiger charge is -2.27. The maximum atomic E-state index is 12.1. The molecule has 0 spiro atoms. The van der Waals surface area contributed by atoms with E-state index in [0.717, 1.165) is 25.8 Å². The summed E-state index contributed by atoms with van der Waals surface area (Å²) in [7, 11) is 0. The summed E-state index contributed by atoms with van der Waals surface area (Å²) in [5, 5.41) is 14.9. The van der Waals surface area contributed by atoms with E-state index in [1.165, 1.54) is 0 Å². The van der Waals surface area contributed by atoms with Crippen LogP contribution in [0.2, 0.25) is 0 Å². The van der Waals surface area contributed by atoms with Crippen LogP contribution in [0.5, 0.6) is 0 Å². The van der Waals surface area contributed by atoms with E-state index >= 15 is 0 Å². The molecule has 0 aromatic heterocycles. The molecule has 1 amide bonds. The molecule has 17 heavy (non-hydrogen) atoms. The summed E-state index contributed by atoms with van der Waals surface area (Å²) >= 11 is 0. The van der Waals surface area contributed by atoms with Crippen molar-refractivity contribution in [3.8, 4) is 0 Å². The number of aliphatic carboxylic acids is 1. The van der Waals surface area contributed by atoms with Gasteiger partial charge in [-0.1, -0.05) is 20.3 Å². The first-order chi connectivity index (χ1) is 7.90. The quantitative estimate of drug-likeness (QED) is 0.664. The Labute approximate surface area is 102 Å². The van der Waals surface area contributed by atoms with E-state index in [9.17, 15) is 9.59 Å². The average molecular weight is 242 g/mol. The molecule has 1 aliphatic heterocycles. The van der Waals surface area contributed by atoms with Gasteiger partial charge >= 0.3 is 5.97 Å². The second-order valence-corrected chi connectivity index (χ2v) is 5.04. The van der Waals surface area contributed by atoms with Crippen molar-refractivity contribution in [2.75, 3.05) is 6.54 Å². The summed E-state index contributed by atoms with van der Waals surface area (Å²) in [4.78, 5) is 23.2. The van der Waals surface area contributed by atoms with E-state index in [2.05, 4.69) is 10.6 Å². The van der Waals surface area contributed by atoms with E-state index < -0.39 is 17.6 Å². The van der Waals surface area contributed by atoms with Gasteiger partial charge < -0.3 is 15.7 Å². The van der Waals surface area contributed by atoms with Crippen molar-refractivity contribution < 1.29 is 14.7 Å². The highest BCUT2D eigenvalue weighted by atomic mass is 16.4. The van der Waals surface area contributed by atoms with Crippen LogP contribution < -0.4 is 10.6 Å². The number of carboxylic acid groups (broad SMARTS) is 1. The van der Waals surface area contributed by atoms with Crippen LogP contribution in [0.4, 0.5) is 0 Å². The van der Waals surface area contributed by atoms with Gasteiger partial charge in [0.05, 0.1) is 5.54 Å². The number of hydrogen-bond acceptors (Lipinski definition) is 3. The molecule has 5 heteroatoms. The predicted molar refractivity (Wildman–Crippen MR) is 64.7 cm³/mol. The van der Waals surface area contributed by atoms with Crippen LogP contribution in [0.3, 0.4) is 0 Å². The third kappa shape index (κ3) is 3.19. The summed E-state index contributed by atoms with van der Waals surface area (Å²) in [5.74, 6) is -1.24. The number of carboxylic acids is 1. The molecular formula is C12H22N2O3. The number of carbonyl (C=O) groups excluding carboxylic acids is 1. The van der Waals surface area contributed by atoms with Crippen LogP contribution in [-0.4, -0.2) is 35.1 Å². The van der Waals surface area contributed by atoms with Crippen LogP contribution in [0.1, 0.15) is 40.0 Å². The van der Waals surface area contributed by atoms with Crippen LogP contribution >= 0.6 is 0 Å². The third-order valence-corrected chi connectivity index (χ3v) is 3.64. The molecule has 1 heterocycles. The zero-order valence-electron chi connectivity index (χ0n) is 10.7. The van der Waals surface area contributed by atoms with Crippen molar-refractivity contribution in [3.63, 3.8) is 0 Å². The minimum absolute atomic E-state index is 0.0681. The Kier molecular flexibility index (Phi) is 4.51. The van der Waals surface area contributed by atoms with Gasteiger partial charge in [0.2, 0.25) is 5.91 Å². The van der Waals surface area contributed by atoms with Gasteiger partial charge in [0.1, 0.15) is 6.04 Å². The average Bonchev–Trinajstić information content (AvgIpc) is 2.72. The number of amides is 1. The molecule has 1 aliphatic rings. The third-order valence-electron chi connectivity index (χ3n) is 3.64. The Morgan fingerprint density at radius 1 is 1.53 bits per heavy atom. The smallest absolute Gasteiger partial charge is 0.326 e. The van der Waals surface area contributed by atoms with Crippen LogP contribution in [0, 0.1) is 5.92 Å². The second kappa shape index (κ2) is 5.49. The monoisotopic (exact) mass is 242 g/mol. The van der Waals surface area contributed by atoms with Crippen molar-refractivity contribution in [2.45, 2.75) is 51.6 Å². The van der Waals surface area contributed by atoms with Crippen molar-refractivity contribution >= 4 is 11.9 Å². The number of carbonyl (C=O) groups is 2. The van der Waals surface area contributed by atoms with Crippen molar-refractivity contribution in [2.24, 2.45) is 5.92 Å². The highest BCUT2D eigenvalue weighted by Gasteiger charge is 2.38. The molecule has 0 saturated carbocycles. The van der Waals surface area contributed by atoms with Crippen molar-refractivity contribution in [1.82, 2.24) is 10.6 Å². The minimum atomic E-state index is -0.964. The van der Waals surface area contributed by atoms with Crippen LogP contribution in [0.15, 0.2) is 0 Å². The standard InChI is InChI=1S/C12H22N2O3/c1-4-8(2)9(10(15)16)14-11(17)12(3)6-5-7-13-12/h8-9,13H,4-7H2,1-3H3,(H,14,17)(H,15,16). The van der Waals surface area contributed by atoms with Gasteiger partial charge in [-0.3, -0.25) is 4.79 Å². The van der Waals surface area contributed by atoms with Gasteiger partial charge in [0, 0.05) is 0 Å². The number of rotatable bonds is 5. The SMILES string of the molecule is CCC(C)C(NC(=O)C1(C)CCCN1)C(=O)O. The van der Waals surface area contributed by atoms with Gasteiger partial charge in [-0.05, 0) is 32.2 Å². The molecule has 0 aliphatic carbocycles. The fraction of sp³-hybridized carbons (Fsp3) is 0.833. The molecule has 0 radical (unpaired) electrons. The van der Waals surface area contributed by atoms with E-state index in [-0.39, 0.29) is 11.8 Å². The van der Waals surface area contributed by atoms with Gasteiger partial charge in [-0.15, -0.1) is 0 Å². The maximum absolute atomic E-state index is 12.1. The Balaban J connectivity index is 2.67. The van der Waals surface area contributed by atoms with Crippen molar-refractivity contribution in [3.05, 3.63) is 0 Å². The molecule has 0 aromatic carbocycles. The molecule has 1 rings (SSSR count). The zero-order chi connectivity index (χ0) is 13.1. The zero-order valence-corrected chi connectivity index (χ0v) is 10.7. The first-order valence-corrected chi connectivity index (χ1v) is 6.19. The molecule has 98 valence electrons. The topological polar surface area (TPSA) is 78.4 Å². The second-order valence-electron chi connectivity index (χ2n) is 5.04. The molecule has 1 saturated heterocycles. The van der Waals surface area contributed by atoms with E-state index in [1.54, 1.807) is 0 Å². The lowest BCUT2D eigenvalue weighted by Crippen LogP contribution is -2.56. The van der Waals surface area contributed by atoms with Crippen LogP contribution in [0.25, 0.3) is 0 Å². The first-order valence-electron chi connectivity index (χ1n) is 6.19. The summed E-state index contributed by atoms with van der Waals surface area (Å²) in [6.45, 7) is 6.39. The summed E-state index contributed by atoms with van der Waals surface area (Å²) in [6, 6.07) is -0.799. The number of nitrogens with one attached hydrogen (secondary N) is 2. The highest BCUT2D eigenvalue weighted by molar-refractivity contribution is 5.90. The van der Waals surface area contributed by atoms with Gasteiger partial charge in [-0.25, -0.2) is 4.79 Å². The van der Waals surface area contributed by atoms with Gasteiger partial charge in [0.25, 0.3) is 0 Å². The molecule has 5 nitrogen and oxygen atoms in total. The molecule has 0 bridgehead atoms. The molecule has 3 atom stereocenters. The summed E-state index contributed by atoms with van der Waals surface area (Å²) < 4.78 is 0. The molecular weight excluding hydrogens is 220 g/mol. The normalized spacial score (nSPS) is 27.5. The number of hydrogen-bond donors (Lipinski definition) is 3. The Morgan fingerprint density at radius 3 is 2.59 bits per heavy atom. The Hall–Kier alpha value is -1.10. The Morgan fingerprint density at radius 2 is 2.18 bits per heavy atom. The lowest BCUT2D eigenvalue weighted by atomic mass is 9.95. The molecule has 0 aromatic rings. The summed E-state index contributed by atoms with van der Waals surface area (Å²) in [5.41, 5.74) is -0.610. The summed E-state index contributed by atoms with van der Waals surface area (Å²) in [6.07, 6.45) is 2.43. The Bertz CT molecular complexity index is 298. The lowest BCUT2D eigenvalue weighted by molar-refractivity contribution is -0.144. The fourth-order valence-corrected chi connectivity index (χ4v) is 2.07. The minimum Gasteiger partial charge on any atom is -0.480 e. The van der Waals surface area contributed by atoms with Crippen molar-refractivity contribution in [1.29, 1.82) is 0 Å².